The third-order valence-corrected chi connectivity index (χ3v) is 6.29. The Kier molecular flexibility index (Phi) is 5.82. The maximum Gasteiger partial charge on any atom is 0.192 e. The molecular weight excluding hydrogens is 404 g/mol. The number of nitrogens with zero attached hydrogens (tertiary/aromatic N) is 4. The molecule has 0 fully saturated rings. The number of aryl methyl sites for hydroxylation is 1. The lowest BCUT2D eigenvalue weighted by Crippen LogP contribution is -2.00. The van der Waals surface area contributed by atoms with Crippen LogP contribution in [-0.2, 0) is 12.3 Å². The molecule has 8 heteroatoms. The zero-order chi connectivity index (χ0) is 20.2. The Morgan fingerprint density at radius 2 is 2.10 bits per heavy atom. The van der Waals surface area contributed by atoms with Gasteiger partial charge >= 0.3 is 0 Å². The zero-order valence-corrected chi connectivity index (χ0v) is 17.8. The first kappa shape index (κ1) is 19.5. The van der Waals surface area contributed by atoms with Gasteiger partial charge in [-0.15, -0.1) is 28.1 Å². The molecule has 6 nitrogen and oxygen atoms in total. The van der Waals surface area contributed by atoms with Gasteiger partial charge in [0.2, 0.25) is 0 Å². The molecule has 4 aromatic rings. The van der Waals surface area contributed by atoms with E-state index in [9.17, 15) is 0 Å². The lowest BCUT2D eigenvalue weighted by atomic mass is 10.2. The van der Waals surface area contributed by atoms with Crippen LogP contribution in [0.5, 0.6) is 5.75 Å². The number of furan rings is 1. The quantitative estimate of drug-likeness (QED) is 0.276. The van der Waals surface area contributed by atoms with E-state index < -0.39 is 0 Å². The largest absolute Gasteiger partial charge is 0.496 e. The fourth-order valence-electron chi connectivity index (χ4n) is 2.96. The Morgan fingerprint density at radius 1 is 1.24 bits per heavy atom. The number of hydrogen-bond acceptors (Lipinski definition) is 7. The van der Waals surface area contributed by atoms with Gasteiger partial charge in [-0.25, -0.2) is 4.98 Å². The van der Waals surface area contributed by atoms with Gasteiger partial charge in [-0.1, -0.05) is 30.0 Å². The molecule has 4 rings (SSSR count). The molecule has 0 atom stereocenters. The van der Waals surface area contributed by atoms with E-state index in [0.29, 0.717) is 12.3 Å². The molecule has 0 amide bonds. The summed E-state index contributed by atoms with van der Waals surface area (Å²) in [5.74, 6) is 3.13. The van der Waals surface area contributed by atoms with Crippen LogP contribution in [0.4, 0.5) is 0 Å². The van der Waals surface area contributed by atoms with Gasteiger partial charge in [-0.3, -0.25) is 4.57 Å². The van der Waals surface area contributed by atoms with Crippen LogP contribution in [0.3, 0.4) is 0 Å². The Labute approximate surface area is 177 Å². The summed E-state index contributed by atoms with van der Waals surface area (Å²) in [6, 6.07) is 9.83. The predicted molar refractivity (Wildman–Crippen MR) is 116 cm³/mol. The Hall–Kier alpha value is -2.84. The SMILES string of the molecule is C=CCn1c(SCc2csc(-c3ccccc3OC)n2)nnc1-c1ccoc1C. The molecule has 0 bridgehead atoms. The maximum absolute atomic E-state index is 5.45. The second-order valence-electron chi connectivity index (χ2n) is 6.23. The minimum absolute atomic E-state index is 0.624. The summed E-state index contributed by atoms with van der Waals surface area (Å²) in [6.45, 7) is 6.41. The number of hydrogen-bond donors (Lipinski definition) is 0. The van der Waals surface area contributed by atoms with Crippen LogP contribution in [0, 0.1) is 6.92 Å². The lowest BCUT2D eigenvalue weighted by Gasteiger charge is -2.06. The molecule has 3 aromatic heterocycles. The van der Waals surface area contributed by atoms with Crippen LogP contribution in [0.15, 0.2) is 64.2 Å². The third-order valence-electron chi connectivity index (χ3n) is 4.37. The number of benzene rings is 1. The van der Waals surface area contributed by atoms with E-state index in [-0.39, 0.29) is 0 Å². The number of methoxy groups -OCH3 is 1. The van der Waals surface area contributed by atoms with Crippen molar-refractivity contribution in [3.63, 3.8) is 0 Å². The fraction of sp³-hybridized carbons (Fsp3) is 0.190. The molecule has 1 aromatic carbocycles. The molecule has 29 heavy (non-hydrogen) atoms. The fourth-order valence-corrected chi connectivity index (χ4v) is 4.76. The average molecular weight is 425 g/mol. The highest BCUT2D eigenvalue weighted by molar-refractivity contribution is 7.98. The number of ether oxygens (including phenoxy) is 1. The third kappa shape index (κ3) is 3.99. The molecule has 0 saturated carbocycles. The summed E-state index contributed by atoms with van der Waals surface area (Å²) in [5, 5.41) is 12.6. The van der Waals surface area contributed by atoms with Gasteiger partial charge in [0, 0.05) is 17.7 Å². The first-order valence-corrected chi connectivity index (χ1v) is 10.9. The van der Waals surface area contributed by atoms with Crippen molar-refractivity contribution in [2.24, 2.45) is 0 Å². The summed E-state index contributed by atoms with van der Waals surface area (Å²) in [4.78, 5) is 4.78. The second kappa shape index (κ2) is 8.67. The van der Waals surface area contributed by atoms with Crippen LogP contribution in [0.25, 0.3) is 22.0 Å². The van der Waals surface area contributed by atoms with E-state index >= 15 is 0 Å². The van der Waals surface area contributed by atoms with Gasteiger partial charge in [0.25, 0.3) is 0 Å². The minimum Gasteiger partial charge on any atom is -0.496 e. The van der Waals surface area contributed by atoms with Crippen LogP contribution >= 0.6 is 23.1 Å². The Balaban J connectivity index is 1.54. The highest BCUT2D eigenvalue weighted by atomic mass is 32.2. The van der Waals surface area contributed by atoms with Crippen molar-refractivity contribution in [2.75, 3.05) is 7.11 Å². The van der Waals surface area contributed by atoms with Gasteiger partial charge in [-0.2, -0.15) is 0 Å². The number of thioether (sulfide) groups is 1. The maximum atomic E-state index is 5.45. The summed E-state index contributed by atoms with van der Waals surface area (Å²) >= 11 is 3.22. The topological polar surface area (TPSA) is 66.0 Å². The first-order chi connectivity index (χ1) is 14.2. The Morgan fingerprint density at radius 3 is 2.86 bits per heavy atom. The molecule has 0 aliphatic rings. The van der Waals surface area contributed by atoms with Crippen molar-refractivity contribution < 1.29 is 9.15 Å². The van der Waals surface area contributed by atoms with Gasteiger partial charge in [0.1, 0.15) is 16.5 Å². The summed E-state index contributed by atoms with van der Waals surface area (Å²) in [5.41, 5.74) is 2.94. The summed E-state index contributed by atoms with van der Waals surface area (Å²) in [6.07, 6.45) is 3.51. The highest BCUT2D eigenvalue weighted by Crippen LogP contribution is 2.34. The van der Waals surface area contributed by atoms with Crippen molar-refractivity contribution in [3.05, 3.63) is 66.1 Å². The van der Waals surface area contributed by atoms with E-state index in [0.717, 1.165) is 44.3 Å². The van der Waals surface area contributed by atoms with Crippen molar-refractivity contribution >= 4 is 23.1 Å². The number of allylic oxidation sites excluding steroid dienone is 1. The van der Waals surface area contributed by atoms with Gasteiger partial charge in [0.05, 0.1) is 30.2 Å². The zero-order valence-electron chi connectivity index (χ0n) is 16.2. The summed E-state index contributed by atoms with van der Waals surface area (Å²) < 4.78 is 12.9. The molecule has 3 heterocycles. The predicted octanol–water partition coefficient (Wildman–Crippen LogP) is 5.46. The van der Waals surface area contributed by atoms with Gasteiger partial charge < -0.3 is 9.15 Å². The molecule has 0 N–H and O–H groups in total. The van der Waals surface area contributed by atoms with Gasteiger partial charge in [0.15, 0.2) is 11.0 Å². The van der Waals surface area contributed by atoms with Crippen molar-refractivity contribution in [2.45, 2.75) is 24.4 Å². The average Bonchev–Trinajstić information content (AvgIpc) is 3.47. The van der Waals surface area contributed by atoms with Crippen LogP contribution in [0.2, 0.25) is 0 Å². The van der Waals surface area contributed by atoms with Crippen molar-refractivity contribution in [1.29, 1.82) is 0 Å². The van der Waals surface area contributed by atoms with Crippen LogP contribution in [0.1, 0.15) is 11.5 Å². The van der Waals surface area contributed by atoms with E-state index in [1.54, 1.807) is 36.5 Å². The van der Waals surface area contributed by atoms with E-state index in [1.165, 1.54) is 0 Å². The molecule has 0 spiro atoms. The second-order valence-corrected chi connectivity index (χ2v) is 8.03. The number of rotatable bonds is 8. The Bertz CT molecular complexity index is 1130. The van der Waals surface area contributed by atoms with Crippen molar-refractivity contribution in [1.82, 2.24) is 19.7 Å². The van der Waals surface area contributed by atoms with Gasteiger partial charge in [-0.05, 0) is 25.1 Å². The highest BCUT2D eigenvalue weighted by Gasteiger charge is 2.17. The molecule has 0 aliphatic carbocycles. The van der Waals surface area contributed by atoms with Crippen LogP contribution < -0.4 is 4.74 Å². The number of thiazole rings is 1. The monoisotopic (exact) mass is 424 g/mol. The molecule has 148 valence electrons. The molecule has 0 saturated heterocycles. The van der Waals surface area contributed by atoms with Crippen molar-refractivity contribution in [3.8, 4) is 27.7 Å². The van der Waals surface area contributed by atoms with E-state index in [2.05, 4.69) is 22.2 Å². The molecule has 0 unspecified atom stereocenters. The normalized spacial score (nSPS) is 11.0. The standard InChI is InChI=1S/C21H20N4O2S2/c1-4-10-25-19(16-9-11-27-14(16)2)23-24-21(25)29-13-15-12-28-20(22-15)17-7-5-6-8-18(17)26-3/h4-9,11-12H,1,10,13H2,2-3H3. The minimum atomic E-state index is 0.624. The summed E-state index contributed by atoms with van der Waals surface area (Å²) in [7, 11) is 1.68. The molecular formula is C21H20N4O2S2. The number of para-hydroxylation sites is 1. The lowest BCUT2D eigenvalue weighted by molar-refractivity contribution is 0.416. The molecule has 0 aliphatic heterocycles. The first-order valence-electron chi connectivity index (χ1n) is 9.00. The smallest absolute Gasteiger partial charge is 0.192 e. The van der Waals surface area contributed by atoms with Crippen LogP contribution in [-0.4, -0.2) is 26.9 Å². The van der Waals surface area contributed by atoms with E-state index in [4.69, 9.17) is 14.1 Å². The number of aromatic nitrogens is 4. The molecule has 0 radical (unpaired) electrons. The van der Waals surface area contributed by atoms with E-state index in [1.807, 2.05) is 47.9 Å².